The number of hydrogen-bond acceptors (Lipinski definition) is 4. The molecule has 1 aliphatic heterocycles. The molecule has 6 heteroatoms. The van der Waals surface area contributed by atoms with Crippen molar-refractivity contribution in [1.82, 2.24) is 15.2 Å². The van der Waals surface area contributed by atoms with E-state index in [1.54, 1.807) is 11.9 Å². The Labute approximate surface area is 108 Å². The second kappa shape index (κ2) is 7.33. The van der Waals surface area contributed by atoms with Crippen molar-refractivity contribution < 1.29 is 9.59 Å². The Morgan fingerprint density at radius 1 is 1.39 bits per heavy atom. The molecule has 0 radical (unpaired) electrons. The summed E-state index contributed by atoms with van der Waals surface area (Å²) < 4.78 is 0. The van der Waals surface area contributed by atoms with E-state index < -0.39 is 0 Å². The van der Waals surface area contributed by atoms with E-state index in [0.29, 0.717) is 6.42 Å². The zero-order chi connectivity index (χ0) is 13.5. The summed E-state index contributed by atoms with van der Waals surface area (Å²) >= 11 is 0. The van der Waals surface area contributed by atoms with E-state index in [1.807, 2.05) is 11.8 Å². The van der Waals surface area contributed by atoms with Crippen LogP contribution >= 0.6 is 0 Å². The van der Waals surface area contributed by atoms with Gasteiger partial charge in [0.1, 0.15) is 0 Å². The van der Waals surface area contributed by atoms with Crippen LogP contribution in [0.15, 0.2) is 0 Å². The highest BCUT2D eigenvalue weighted by atomic mass is 16.2. The minimum Gasteiger partial charge on any atom is -0.342 e. The van der Waals surface area contributed by atoms with Crippen molar-refractivity contribution in [2.75, 3.05) is 26.7 Å². The summed E-state index contributed by atoms with van der Waals surface area (Å²) in [6.45, 7) is 3.97. The number of likely N-dealkylation sites (N-methyl/N-ethyl adjacent to an activating group) is 1. The molecule has 18 heavy (non-hydrogen) atoms. The van der Waals surface area contributed by atoms with E-state index in [9.17, 15) is 9.59 Å². The molecule has 1 saturated heterocycles. The van der Waals surface area contributed by atoms with Gasteiger partial charge in [-0.15, -0.1) is 0 Å². The topological polar surface area (TPSA) is 78.7 Å². The second-order valence-corrected chi connectivity index (χ2v) is 4.82. The van der Waals surface area contributed by atoms with Crippen LogP contribution in [0.1, 0.15) is 32.6 Å². The van der Waals surface area contributed by atoms with Crippen LogP contribution in [0.5, 0.6) is 0 Å². The predicted octanol–water partition coefficient (Wildman–Crippen LogP) is -0.301. The molecule has 1 heterocycles. The summed E-state index contributed by atoms with van der Waals surface area (Å²) in [4.78, 5) is 27.3. The summed E-state index contributed by atoms with van der Waals surface area (Å²) in [6, 6.07) is -0.327. The van der Waals surface area contributed by atoms with Gasteiger partial charge < -0.3 is 4.90 Å². The maximum atomic E-state index is 12.0. The number of nitrogens with one attached hydrogen (secondary N) is 1. The molecule has 0 aromatic carbocycles. The van der Waals surface area contributed by atoms with Crippen LogP contribution in [-0.2, 0) is 9.59 Å². The smallest absolute Gasteiger partial charge is 0.251 e. The van der Waals surface area contributed by atoms with Gasteiger partial charge in [0.05, 0.1) is 12.6 Å². The third-order valence-corrected chi connectivity index (χ3v) is 3.38. The molecule has 3 N–H and O–H groups in total. The molecule has 1 atom stereocenters. The number of rotatable bonds is 6. The zero-order valence-corrected chi connectivity index (χ0v) is 11.3. The summed E-state index contributed by atoms with van der Waals surface area (Å²) in [6.07, 6.45) is 3.74. The maximum absolute atomic E-state index is 12.0. The average molecular weight is 256 g/mol. The maximum Gasteiger partial charge on any atom is 0.251 e. The zero-order valence-electron chi connectivity index (χ0n) is 11.3. The highest BCUT2D eigenvalue weighted by Crippen LogP contribution is 2.10. The lowest BCUT2D eigenvalue weighted by Crippen LogP contribution is -2.50. The molecule has 0 aliphatic carbocycles. The van der Waals surface area contributed by atoms with E-state index in [4.69, 9.17) is 5.84 Å². The number of nitrogens with zero attached hydrogens (tertiary/aromatic N) is 2. The largest absolute Gasteiger partial charge is 0.342 e. The number of hydrazine groups is 1. The Bertz CT molecular complexity index is 290. The van der Waals surface area contributed by atoms with E-state index in [1.165, 1.54) is 0 Å². The molecule has 6 nitrogen and oxygen atoms in total. The van der Waals surface area contributed by atoms with Crippen molar-refractivity contribution in [3.05, 3.63) is 0 Å². The van der Waals surface area contributed by atoms with Crippen molar-refractivity contribution in [1.29, 1.82) is 0 Å². The van der Waals surface area contributed by atoms with Gasteiger partial charge >= 0.3 is 0 Å². The van der Waals surface area contributed by atoms with E-state index in [0.717, 1.165) is 32.4 Å². The van der Waals surface area contributed by atoms with Gasteiger partial charge in [-0.2, -0.15) is 0 Å². The summed E-state index contributed by atoms with van der Waals surface area (Å²) in [7, 11) is 1.80. The SMILES string of the molecule is CCCC(C(=O)NN)N(C)CC(=O)N1CCCC1. The highest BCUT2D eigenvalue weighted by Gasteiger charge is 2.26. The number of hydrogen-bond donors (Lipinski definition) is 2. The number of amides is 2. The first-order valence-electron chi connectivity index (χ1n) is 6.58. The van der Waals surface area contributed by atoms with Crippen LogP contribution in [0.4, 0.5) is 0 Å². The Hall–Kier alpha value is -1.14. The fraction of sp³-hybridized carbons (Fsp3) is 0.833. The molecule has 0 spiro atoms. The van der Waals surface area contributed by atoms with E-state index in [-0.39, 0.29) is 24.4 Å². The predicted molar refractivity (Wildman–Crippen MR) is 69.5 cm³/mol. The first-order chi connectivity index (χ1) is 8.60. The average Bonchev–Trinajstić information content (AvgIpc) is 2.88. The Balaban J connectivity index is 2.51. The fourth-order valence-electron chi connectivity index (χ4n) is 2.31. The van der Waals surface area contributed by atoms with Crippen molar-refractivity contribution >= 4 is 11.8 Å². The van der Waals surface area contributed by atoms with Gasteiger partial charge in [-0.05, 0) is 26.3 Å². The first-order valence-corrected chi connectivity index (χ1v) is 6.58. The van der Waals surface area contributed by atoms with Gasteiger partial charge in [-0.1, -0.05) is 13.3 Å². The van der Waals surface area contributed by atoms with Crippen molar-refractivity contribution in [2.24, 2.45) is 5.84 Å². The van der Waals surface area contributed by atoms with Crippen molar-refractivity contribution in [2.45, 2.75) is 38.6 Å². The number of nitrogens with two attached hydrogens (primary N) is 1. The van der Waals surface area contributed by atoms with Gasteiger partial charge in [0.25, 0.3) is 5.91 Å². The number of carbonyl (C=O) groups excluding carboxylic acids is 2. The standard InChI is InChI=1S/C12H24N4O2/c1-3-6-10(12(18)14-13)15(2)9-11(17)16-7-4-5-8-16/h10H,3-9,13H2,1-2H3,(H,14,18). The third-order valence-electron chi connectivity index (χ3n) is 3.38. The van der Waals surface area contributed by atoms with Gasteiger partial charge in [0.2, 0.25) is 5.91 Å². The fourth-order valence-corrected chi connectivity index (χ4v) is 2.31. The van der Waals surface area contributed by atoms with Crippen LogP contribution in [-0.4, -0.2) is 54.3 Å². The first kappa shape index (κ1) is 14.9. The number of likely N-dealkylation sites (tertiary alicyclic amines) is 1. The van der Waals surface area contributed by atoms with Crippen molar-refractivity contribution in [3.63, 3.8) is 0 Å². The molecule has 0 bridgehead atoms. The van der Waals surface area contributed by atoms with E-state index >= 15 is 0 Å². The summed E-state index contributed by atoms with van der Waals surface area (Å²) in [5.41, 5.74) is 2.17. The van der Waals surface area contributed by atoms with Crippen molar-refractivity contribution in [3.8, 4) is 0 Å². The molecule has 2 amide bonds. The lowest BCUT2D eigenvalue weighted by Gasteiger charge is -2.27. The van der Waals surface area contributed by atoms with Gasteiger partial charge in [-0.25, -0.2) is 5.84 Å². The lowest BCUT2D eigenvalue weighted by atomic mass is 10.1. The molecule has 1 rings (SSSR count). The second-order valence-electron chi connectivity index (χ2n) is 4.82. The Kier molecular flexibility index (Phi) is 6.07. The minimum atomic E-state index is -0.327. The van der Waals surface area contributed by atoms with Crippen LogP contribution in [0.25, 0.3) is 0 Å². The normalized spacial score (nSPS) is 17.0. The highest BCUT2D eigenvalue weighted by molar-refractivity contribution is 5.83. The van der Waals surface area contributed by atoms with Gasteiger partial charge in [0, 0.05) is 13.1 Å². The third kappa shape index (κ3) is 3.96. The van der Waals surface area contributed by atoms with Crippen LogP contribution in [0, 0.1) is 0 Å². The Morgan fingerprint density at radius 3 is 2.50 bits per heavy atom. The van der Waals surface area contributed by atoms with E-state index in [2.05, 4.69) is 5.43 Å². The summed E-state index contributed by atoms with van der Waals surface area (Å²) in [5, 5.41) is 0. The Morgan fingerprint density at radius 2 is 2.00 bits per heavy atom. The van der Waals surface area contributed by atoms with Crippen LogP contribution in [0.3, 0.4) is 0 Å². The molecule has 1 unspecified atom stereocenters. The molecule has 1 aliphatic rings. The van der Waals surface area contributed by atoms with Gasteiger partial charge in [-0.3, -0.25) is 19.9 Å². The molecular weight excluding hydrogens is 232 g/mol. The summed E-state index contributed by atoms with van der Waals surface area (Å²) in [5.74, 6) is 5.04. The molecule has 1 fully saturated rings. The molecule has 104 valence electrons. The molecule has 0 aromatic rings. The monoisotopic (exact) mass is 256 g/mol. The van der Waals surface area contributed by atoms with Crippen LogP contribution < -0.4 is 11.3 Å². The van der Waals surface area contributed by atoms with Crippen LogP contribution in [0.2, 0.25) is 0 Å². The molecule has 0 aromatic heterocycles. The number of carbonyl (C=O) groups is 2. The molecular formula is C12H24N4O2. The minimum absolute atomic E-state index is 0.0981. The quantitative estimate of drug-likeness (QED) is 0.388. The molecule has 0 saturated carbocycles. The van der Waals surface area contributed by atoms with Gasteiger partial charge in [0.15, 0.2) is 0 Å². The lowest BCUT2D eigenvalue weighted by molar-refractivity contribution is -0.133.